The number of carbonyl (C=O) groups is 1. The Balaban J connectivity index is 1.90. The molecule has 0 aromatic heterocycles. The highest BCUT2D eigenvalue weighted by molar-refractivity contribution is 5.88. The summed E-state index contributed by atoms with van der Waals surface area (Å²) >= 11 is 0. The van der Waals surface area contributed by atoms with Gasteiger partial charge in [-0.25, -0.2) is 0 Å². The van der Waals surface area contributed by atoms with Crippen molar-refractivity contribution in [1.29, 1.82) is 5.26 Å². The van der Waals surface area contributed by atoms with Gasteiger partial charge in [0, 0.05) is 0 Å². The zero-order chi connectivity index (χ0) is 20.4. The van der Waals surface area contributed by atoms with Crippen molar-refractivity contribution in [3.8, 4) is 6.07 Å². The number of aliphatic hydroxyl groups is 1. The number of hydrogen-bond acceptors (Lipinski definition) is 3. The smallest absolute Gasteiger partial charge is 0.388 e. The number of halogens is 3. The van der Waals surface area contributed by atoms with Crippen LogP contribution in [0.15, 0.2) is 36.9 Å². The SMILES string of the molecule is C=CC(=O)NC12CC3CC(CC(O)(C3)C1(C#N)c1ccc(C(F)(F)F)cc1)C2. The van der Waals surface area contributed by atoms with E-state index in [4.69, 9.17) is 0 Å². The molecule has 0 heterocycles. The van der Waals surface area contributed by atoms with Gasteiger partial charge in [-0.3, -0.25) is 4.79 Å². The maximum atomic E-state index is 13.0. The molecular formula is C21H21F3N2O2. The standard InChI is InChI=1S/C21H21F3N2O2/c1-2-17(27)26-18-8-13-7-14(9-18)11-19(28,10-13)20(18,12-25)15-3-5-16(6-4-15)21(22,23)24/h2-6,13-14,28H,1,7-11H2,(H,26,27). The van der Waals surface area contributed by atoms with E-state index in [0.29, 0.717) is 31.2 Å². The first-order valence-electron chi connectivity index (χ1n) is 9.35. The van der Waals surface area contributed by atoms with Crippen molar-refractivity contribution in [2.24, 2.45) is 11.8 Å². The van der Waals surface area contributed by atoms with Crippen LogP contribution in [0.4, 0.5) is 13.2 Å². The molecule has 7 heteroatoms. The third-order valence-electron chi connectivity index (χ3n) is 6.97. The van der Waals surface area contributed by atoms with Gasteiger partial charge in [0.05, 0.1) is 22.8 Å². The molecule has 0 radical (unpaired) electrons. The van der Waals surface area contributed by atoms with Crippen LogP contribution in [0.5, 0.6) is 0 Å². The largest absolute Gasteiger partial charge is 0.416 e. The van der Waals surface area contributed by atoms with E-state index in [-0.39, 0.29) is 11.8 Å². The predicted molar refractivity (Wildman–Crippen MR) is 94.8 cm³/mol. The predicted octanol–water partition coefficient (Wildman–Crippen LogP) is 3.46. The Kier molecular flexibility index (Phi) is 3.96. The van der Waals surface area contributed by atoms with Gasteiger partial charge in [-0.05, 0) is 67.7 Å². The summed E-state index contributed by atoms with van der Waals surface area (Å²) in [5.74, 6) is -0.117. The lowest BCUT2D eigenvalue weighted by molar-refractivity contribution is -0.189. The van der Waals surface area contributed by atoms with Crippen LogP contribution < -0.4 is 5.32 Å². The average molecular weight is 390 g/mol. The first-order valence-corrected chi connectivity index (χ1v) is 9.35. The summed E-state index contributed by atoms with van der Waals surface area (Å²) in [5.41, 5.74) is -4.46. The summed E-state index contributed by atoms with van der Waals surface area (Å²) in [4.78, 5) is 12.3. The van der Waals surface area contributed by atoms with Gasteiger partial charge in [0.25, 0.3) is 0 Å². The van der Waals surface area contributed by atoms with Crippen LogP contribution >= 0.6 is 0 Å². The molecule has 4 bridgehead atoms. The highest BCUT2D eigenvalue weighted by Crippen LogP contribution is 2.66. The summed E-state index contributed by atoms with van der Waals surface area (Å²) in [5, 5.41) is 24.9. The van der Waals surface area contributed by atoms with E-state index in [9.17, 15) is 28.3 Å². The molecule has 28 heavy (non-hydrogen) atoms. The third-order valence-corrected chi connectivity index (χ3v) is 6.97. The lowest BCUT2D eigenvalue weighted by Crippen LogP contribution is -2.79. The van der Waals surface area contributed by atoms with E-state index in [1.165, 1.54) is 12.1 Å². The number of nitrogens with zero attached hydrogens (tertiary/aromatic N) is 1. The molecule has 0 saturated heterocycles. The quantitative estimate of drug-likeness (QED) is 0.777. The van der Waals surface area contributed by atoms with Gasteiger partial charge < -0.3 is 10.4 Å². The van der Waals surface area contributed by atoms with Gasteiger partial charge in [-0.1, -0.05) is 18.7 Å². The Morgan fingerprint density at radius 2 is 1.79 bits per heavy atom. The number of carbonyl (C=O) groups excluding carboxylic acids is 1. The zero-order valence-corrected chi connectivity index (χ0v) is 15.2. The number of rotatable bonds is 3. The first kappa shape index (κ1) is 19.0. The summed E-state index contributed by atoms with van der Waals surface area (Å²) < 4.78 is 39.0. The van der Waals surface area contributed by atoms with E-state index in [1.807, 2.05) is 0 Å². The molecular weight excluding hydrogens is 369 g/mol. The molecule has 148 valence electrons. The Hall–Kier alpha value is -2.33. The molecule has 1 aromatic rings. The number of hydrogen-bond donors (Lipinski definition) is 2. The van der Waals surface area contributed by atoms with Crippen LogP contribution in [-0.2, 0) is 16.4 Å². The molecule has 2 N–H and O–H groups in total. The van der Waals surface area contributed by atoms with E-state index in [1.54, 1.807) is 0 Å². The minimum atomic E-state index is -4.49. The van der Waals surface area contributed by atoms with Crippen molar-refractivity contribution in [2.75, 3.05) is 0 Å². The maximum absolute atomic E-state index is 13.0. The van der Waals surface area contributed by atoms with Gasteiger partial charge >= 0.3 is 6.18 Å². The molecule has 4 nitrogen and oxygen atoms in total. The number of alkyl halides is 3. The number of amides is 1. The lowest BCUT2D eigenvalue weighted by atomic mass is 9.39. The van der Waals surface area contributed by atoms with Crippen LogP contribution in [0.3, 0.4) is 0 Å². The second kappa shape index (κ2) is 5.84. The highest BCUT2D eigenvalue weighted by atomic mass is 19.4. The van der Waals surface area contributed by atoms with Crippen LogP contribution in [0.25, 0.3) is 0 Å². The summed E-state index contributed by atoms with van der Waals surface area (Å²) in [6.07, 6.45) is -0.596. The fourth-order valence-corrected chi connectivity index (χ4v) is 6.33. The Morgan fingerprint density at radius 3 is 2.25 bits per heavy atom. The highest BCUT2D eigenvalue weighted by Gasteiger charge is 2.73. The van der Waals surface area contributed by atoms with E-state index in [2.05, 4.69) is 18.0 Å². The molecule has 4 fully saturated rings. The normalized spacial score (nSPS) is 38.7. The maximum Gasteiger partial charge on any atom is 0.416 e. The van der Waals surface area contributed by atoms with Crippen molar-refractivity contribution in [3.05, 3.63) is 48.0 Å². The summed E-state index contributed by atoms with van der Waals surface area (Å²) in [7, 11) is 0. The number of nitriles is 1. The van der Waals surface area contributed by atoms with Crippen molar-refractivity contribution < 1.29 is 23.1 Å². The Morgan fingerprint density at radius 1 is 1.21 bits per heavy atom. The van der Waals surface area contributed by atoms with Crippen molar-refractivity contribution in [3.63, 3.8) is 0 Å². The van der Waals surface area contributed by atoms with Crippen LogP contribution in [0.2, 0.25) is 0 Å². The molecule has 4 aliphatic rings. The molecule has 1 amide bonds. The second-order valence-electron chi connectivity index (χ2n) is 8.53. The van der Waals surface area contributed by atoms with Crippen LogP contribution in [0, 0.1) is 23.2 Å². The van der Waals surface area contributed by atoms with Gasteiger partial charge in [0.1, 0.15) is 5.41 Å². The molecule has 4 aliphatic carbocycles. The molecule has 1 aromatic carbocycles. The average Bonchev–Trinajstić information content (AvgIpc) is 2.60. The number of nitrogens with one attached hydrogen (secondary N) is 1. The fraction of sp³-hybridized carbons (Fsp3) is 0.524. The summed E-state index contributed by atoms with van der Waals surface area (Å²) in [6.45, 7) is 3.48. The van der Waals surface area contributed by atoms with Gasteiger partial charge in [-0.2, -0.15) is 18.4 Å². The van der Waals surface area contributed by atoms with Gasteiger partial charge in [0.2, 0.25) is 5.91 Å². The molecule has 4 saturated carbocycles. The molecule has 3 atom stereocenters. The first-order chi connectivity index (χ1) is 13.1. The molecule has 0 spiro atoms. The van der Waals surface area contributed by atoms with Crippen molar-refractivity contribution in [2.45, 2.75) is 54.8 Å². The summed E-state index contributed by atoms with van der Waals surface area (Å²) in [6, 6.07) is 6.68. The zero-order valence-electron chi connectivity index (χ0n) is 15.2. The minimum absolute atomic E-state index is 0.165. The molecule has 3 unspecified atom stereocenters. The van der Waals surface area contributed by atoms with Crippen LogP contribution in [0.1, 0.15) is 43.2 Å². The Bertz CT molecular complexity index is 857. The lowest BCUT2D eigenvalue weighted by Gasteiger charge is -2.68. The monoisotopic (exact) mass is 390 g/mol. The van der Waals surface area contributed by atoms with Crippen LogP contribution in [-0.4, -0.2) is 22.2 Å². The van der Waals surface area contributed by atoms with Crippen molar-refractivity contribution >= 4 is 5.91 Å². The topological polar surface area (TPSA) is 73.1 Å². The van der Waals surface area contributed by atoms with E-state index in [0.717, 1.165) is 24.6 Å². The third kappa shape index (κ3) is 2.37. The minimum Gasteiger partial charge on any atom is -0.388 e. The van der Waals surface area contributed by atoms with E-state index < -0.39 is 34.2 Å². The fourth-order valence-electron chi connectivity index (χ4n) is 6.33. The van der Waals surface area contributed by atoms with Gasteiger partial charge in [-0.15, -0.1) is 0 Å². The second-order valence-corrected chi connectivity index (χ2v) is 8.53. The van der Waals surface area contributed by atoms with Crippen molar-refractivity contribution in [1.82, 2.24) is 5.32 Å². The Labute approximate surface area is 161 Å². The molecule has 5 rings (SSSR count). The number of benzene rings is 1. The molecule has 0 aliphatic heterocycles. The van der Waals surface area contributed by atoms with E-state index >= 15 is 0 Å². The van der Waals surface area contributed by atoms with Gasteiger partial charge in [0.15, 0.2) is 0 Å².